The van der Waals surface area contributed by atoms with E-state index in [9.17, 15) is 5.26 Å². The van der Waals surface area contributed by atoms with Gasteiger partial charge >= 0.3 is 0 Å². The fraction of sp³-hybridized carbons (Fsp3) is 0.231. The third kappa shape index (κ3) is 2.07. The van der Waals surface area contributed by atoms with Crippen molar-refractivity contribution in [2.45, 2.75) is 29.3 Å². The molecule has 1 aliphatic carbocycles. The van der Waals surface area contributed by atoms with Crippen molar-refractivity contribution in [1.29, 1.82) is 5.26 Å². The van der Waals surface area contributed by atoms with E-state index in [1.165, 1.54) is 17.3 Å². The number of fused-ring (bicyclic) bond motifs is 1. The van der Waals surface area contributed by atoms with Crippen LogP contribution in [0.15, 0.2) is 34.7 Å². The van der Waals surface area contributed by atoms with Gasteiger partial charge in [-0.15, -0.1) is 0 Å². The zero-order chi connectivity index (χ0) is 12.4. The van der Waals surface area contributed by atoms with Crippen molar-refractivity contribution in [1.82, 2.24) is 15.0 Å². The molecule has 0 saturated heterocycles. The summed E-state index contributed by atoms with van der Waals surface area (Å²) in [6.07, 6.45) is 8.13. The molecule has 3 rings (SSSR count). The van der Waals surface area contributed by atoms with Gasteiger partial charge < -0.3 is 0 Å². The lowest BCUT2D eigenvalue weighted by Crippen LogP contribution is -1.95. The first-order valence-corrected chi connectivity index (χ1v) is 6.55. The van der Waals surface area contributed by atoms with Gasteiger partial charge in [0.25, 0.3) is 0 Å². The Balaban J connectivity index is 1.99. The van der Waals surface area contributed by atoms with Gasteiger partial charge in [-0.2, -0.15) is 5.26 Å². The minimum atomic E-state index is 0.631. The van der Waals surface area contributed by atoms with Crippen molar-refractivity contribution in [2.24, 2.45) is 0 Å². The predicted octanol–water partition coefficient (Wildman–Crippen LogP) is 2.38. The summed E-state index contributed by atoms with van der Waals surface area (Å²) in [5.41, 5.74) is 2.97. The first-order valence-electron chi connectivity index (χ1n) is 5.73. The van der Waals surface area contributed by atoms with Crippen molar-refractivity contribution in [2.75, 3.05) is 0 Å². The molecule has 0 aliphatic heterocycles. The molecule has 0 bridgehead atoms. The SMILES string of the molecule is N#Cc1cc2c(nc1Sc1cnccn1)CCC2. The van der Waals surface area contributed by atoms with Gasteiger partial charge in [0.2, 0.25) is 0 Å². The summed E-state index contributed by atoms with van der Waals surface area (Å²) in [5.74, 6) is 0. The number of nitrogens with zero attached hydrogens (tertiary/aromatic N) is 4. The highest BCUT2D eigenvalue weighted by Crippen LogP contribution is 2.30. The number of nitriles is 1. The molecular weight excluding hydrogens is 244 g/mol. The Kier molecular flexibility index (Phi) is 2.95. The van der Waals surface area contributed by atoms with Crippen molar-refractivity contribution < 1.29 is 0 Å². The topological polar surface area (TPSA) is 62.5 Å². The van der Waals surface area contributed by atoms with Gasteiger partial charge in [-0.25, -0.2) is 9.97 Å². The van der Waals surface area contributed by atoms with E-state index in [1.54, 1.807) is 18.6 Å². The van der Waals surface area contributed by atoms with E-state index < -0.39 is 0 Å². The minimum Gasteiger partial charge on any atom is -0.260 e. The fourth-order valence-corrected chi connectivity index (χ4v) is 2.84. The zero-order valence-electron chi connectivity index (χ0n) is 9.63. The second-order valence-electron chi connectivity index (χ2n) is 4.06. The quantitative estimate of drug-likeness (QED) is 0.823. The van der Waals surface area contributed by atoms with Gasteiger partial charge in [-0.3, -0.25) is 4.98 Å². The van der Waals surface area contributed by atoms with Crippen molar-refractivity contribution >= 4 is 11.8 Å². The van der Waals surface area contributed by atoms with Crippen molar-refractivity contribution in [3.8, 4) is 6.07 Å². The minimum absolute atomic E-state index is 0.631. The number of hydrogen-bond acceptors (Lipinski definition) is 5. The van der Waals surface area contributed by atoms with Gasteiger partial charge in [0.1, 0.15) is 16.1 Å². The third-order valence-corrected chi connectivity index (χ3v) is 3.80. The molecule has 18 heavy (non-hydrogen) atoms. The summed E-state index contributed by atoms with van der Waals surface area (Å²) in [4.78, 5) is 12.8. The molecule has 0 saturated carbocycles. The van der Waals surface area contributed by atoms with Crippen LogP contribution < -0.4 is 0 Å². The van der Waals surface area contributed by atoms with Gasteiger partial charge in [-0.1, -0.05) is 0 Å². The van der Waals surface area contributed by atoms with Crippen molar-refractivity contribution in [3.63, 3.8) is 0 Å². The van der Waals surface area contributed by atoms with Crippen LogP contribution in [-0.2, 0) is 12.8 Å². The van der Waals surface area contributed by atoms with E-state index in [0.29, 0.717) is 5.56 Å². The molecule has 0 N–H and O–H groups in total. The summed E-state index contributed by atoms with van der Waals surface area (Å²) in [7, 11) is 0. The third-order valence-electron chi connectivity index (χ3n) is 2.88. The van der Waals surface area contributed by atoms with Crippen LogP contribution in [0.4, 0.5) is 0 Å². The van der Waals surface area contributed by atoms with Gasteiger partial charge in [-0.05, 0) is 42.7 Å². The lowest BCUT2D eigenvalue weighted by Gasteiger charge is -2.05. The zero-order valence-corrected chi connectivity index (χ0v) is 10.4. The maximum atomic E-state index is 9.19. The number of rotatable bonds is 2. The molecule has 0 amide bonds. The lowest BCUT2D eigenvalue weighted by molar-refractivity contribution is 0.890. The van der Waals surface area contributed by atoms with Crippen LogP contribution in [0, 0.1) is 11.3 Å². The molecule has 88 valence electrons. The largest absolute Gasteiger partial charge is 0.260 e. The summed E-state index contributed by atoms with van der Waals surface area (Å²) < 4.78 is 0. The molecule has 2 aromatic heterocycles. The van der Waals surface area contributed by atoms with Gasteiger partial charge in [0.05, 0.1) is 11.8 Å². The lowest BCUT2D eigenvalue weighted by atomic mass is 10.2. The Morgan fingerprint density at radius 2 is 2.22 bits per heavy atom. The molecule has 0 radical (unpaired) electrons. The van der Waals surface area contributed by atoms with Gasteiger partial charge in [0, 0.05) is 18.1 Å². The van der Waals surface area contributed by atoms with E-state index >= 15 is 0 Å². The monoisotopic (exact) mass is 254 g/mol. The van der Waals surface area contributed by atoms with Crippen LogP contribution in [0.1, 0.15) is 23.2 Å². The van der Waals surface area contributed by atoms with E-state index in [0.717, 1.165) is 35.0 Å². The fourth-order valence-electron chi connectivity index (χ4n) is 2.05. The normalized spacial score (nSPS) is 13.1. The molecule has 0 aromatic carbocycles. The number of aromatic nitrogens is 3. The van der Waals surface area contributed by atoms with Crippen LogP contribution in [0.2, 0.25) is 0 Å². The molecule has 4 nitrogen and oxygen atoms in total. The standard InChI is InChI=1S/C13H10N4S/c14-7-10-6-9-2-1-3-11(9)17-13(10)18-12-8-15-4-5-16-12/h4-6,8H,1-3H2. The van der Waals surface area contributed by atoms with E-state index in [-0.39, 0.29) is 0 Å². The Morgan fingerprint density at radius 1 is 1.28 bits per heavy atom. The van der Waals surface area contributed by atoms with Crippen LogP contribution in [0.3, 0.4) is 0 Å². The summed E-state index contributed by atoms with van der Waals surface area (Å²) in [6, 6.07) is 4.18. The molecule has 5 heteroatoms. The highest BCUT2D eigenvalue weighted by Gasteiger charge is 2.17. The molecule has 0 unspecified atom stereocenters. The number of hydrogen-bond donors (Lipinski definition) is 0. The van der Waals surface area contributed by atoms with Gasteiger partial charge in [0.15, 0.2) is 0 Å². The number of pyridine rings is 1. The first kappa shape index (κ1) is 11.2. The first-order chi connectivity index (χ1) is 8.86. The van der Waals surface area contributed by atoms with E-state index in [4.69, 9.17) is 0 Å². The number of aryl methyl sites for hydroxylation is 2. The van der Waals surface area contributed by atoms with Crippen LogP contribution in [-0.4, -0.2) is 15.0 Å². The summed E-state index contributed by atoms with van der Waals surface area (Å²) >= 11 is 1.40. The average Bonchev–Trinajstić information content (AvgIpc) is 2.86. The Hall–Kier alpha value is -1.93. The Labute approximate surface area is 109 Å². The van der Waals surface area contributed by atoms with Crippen LogP contribution >= 0.6 is 11.8 Å². The van der Waals surface area contributed by atoms with Crippen LogP contribution in [0.5, 0.6) is 0 Å². The van der Waals surface area contributed by atoms with Crippen LogP contribution in [0.25, 0.3) is 0 Å². The van der Waals surface area contributed by atoms with E-state index in [2.05, 4.69) is 21.0 Å². The molecule has 2 aromatic rings. The molecule has 0 atom stereocenters. The summed E-state index contributed by atoms with van der Waals surface area (Å²) in [5, 5.41) is 10.7. The maximum absolute atomic E-state index is 9.19. The highest BCUT2D eigenvalue weighted by molar-refractivity contribution is 7.99. The molecule has 0 fully saturated rings. The molecular formula is C13H10N4S. The second-order valence-corrected chi connectivity index (χ2v) is 5.07. The smallest absolute Gasteiger partial charge is 0.121 e. The molecule has 2 heterocycles. The van der Waals surface area contributed by atoms with E-state index in [1.807, 2.05) is 6.07 Å². The molecule has 0 spiro atoms. The molecule has 1 aliphatic rings. The predicted molar refractivity (Wildman–Crippen MR) is 67.1 cm³/mol. The Bertz CT molecular complexity index is 619. The maximum Gasteiger partial charge on any atom is 0.121 e. The van der Waals surface area contributed by atoms with Crippen molar-refractivity contribution in [3.05, 3.63) is 41.5 Å². The average molecular weight is 254 g/mol. The second kappa shape index (κ2) is 4.75. The summed E-state index contributed by atoms with van der Waals surface area (Å²) in [6.45, 7) is 0. The highest BCUT2D eigenvalue weighted by atomic mass is 32.2. The Morgan fingerprint density at radius 3 is 3.00 bits per heavy atom.